The highest BCUT2D eigenvalue weighted by Crippen LogP contribution is 2.42. The number of benzene rings is 1. The van der Waals surface area contributed by atoms with Crippen molar-refractivity contribution in [1.29, 1.82) is 0 Å². The zero-order chi connectivity index (χ0) is 15.6. The summed E-state index contributed by atoms with van der Waals surface area (Å²) < 4.78 is 11.9. The number of pyridine rings is 2. The fourth-order valence-corrected chi connectivity index (χ4v) is 2.63. The van der Waals surface area contributed by atoms with Crippen LogP contribution in [0, 0.1) is 6.92 Å². The van der Waals surface area contributed by atoms with Crippen molar-refractivity contribution in [2.75, 3.05) is 0 Å². The summed E-state index contributed by atoms with van der Waals surface area (Å²) in [5.74, 6) is 1.20. The van der Waals surface area contributed by atoms with Crippen molar-refractivity contribution in [3.8, 4) is 22.8 Å². The molecule has 0 aliphatic rings. The van der Waals surface area contributed by atoms with E-state index in [1.54, 1.807) is 18.6 Å². The number of fused-ring (bicyclic) bond motifs is 1. The lowest BCUT2D eigenvalue weighted by Crippen LogP contribution is -1.87. The monoisotopic (exact) mass is 302 g/mol. The van der Waals surface area contributed by atoms with Crippen LogP contribution in [0.25, 0.3) is 22.1 Å². The fourth-order valence-electron chi connectivity index (χ4n) is 2.63. The van der Waals surface area contributed by atoms with Gasteiger partial charge in [-0.2, -0.15) is 0 Å². The standard InChI is InChI=1S/C19H14N2O2/c1-13-17-16(9-12-21-13)23-19(22-15-5-3-2-4-6-15)18(17)14-7-10-20-11-8-14/h2-12H,1H3. The quantitative estimate of drug-likeness (QED) is 0.535. The van der Waals surface area contributed by atoms with Crippen LogP contribution in [0.5, 0.6) is 11.7 Å². The summed E-state index contributed by atoms with van der Waals surface area (Å²) in [6.45, 7) is 1.97. The molecule has 23 heavy (non-hydrogen) atoms. The van der Waals surface area contributed by atoms with E-state index in [1.165, 1.54) is 0 Å². The minimum absolute atomic E-state index is 0.466. The van der Waals surface area contributed by atoms with Gasteiger partial charge in [-0.1, -0.05) is 18.2 Å². The lowest BCUT2D eigenvalue weighted by molar-refractivity contribution is 0.362. The average molecular weight is 302 g/mol. The third-order valence-corrected chi connectivity index (χ3v) is 3.68. The molecule has 0 fully saturated rings. The Labute approximate surface area is 133 Å². The van der Waals surface area contributed by atoms with Crippen LogP contribution in [0.15, 0.2) is 71.5 Å². The van der Waals surface area contributed by atoms with Crippen LogP contribution >= 0.6 is 0 Å². The minimum atomic E-state index is 0.466. The number of rotatable bonds is 3. The van der Waals surface area contributed by atoms with E-state index in [0.29, 0.717) is 5.95 Å². The largest absolute Gasteiger partial charge is 0.426 e. The summed E-state index contributed by atoms with van der Waals surface area (Å²) in [7, 11) is 0. The Morgan fingerprint density at radius 1 is 0.913 bits per heavy atom. The van der Waals surface area contributed by atoms with Gasteiger partial charge in [-0.25, -0.2) is 0 Å². The Bertz CT molecular complexity index is 947. The van der Waals surface area contributed by atoms with Gasteiger partial charge in [-0.15, -0.1) is 0 Å². The Kier molecular flexibility index (Phi) is 3.27. The van der Waals surface area contributed by atoms with E-state index in [-0.39, 0.29) is 0 Å². The van der Waals surface area contributed by atoms with E-state index in [4.69, 9.17) is 9.15 Å². The molecular weight excluding hydrogens is 288 g/mol. The van der Waals surface area contributed by atoms with E-state index in [9.17, 15) is 0 Å². The Morgan fingerprint density at radius 2 is 1.70 bits per heavy atom. The first-order chi connectivity index (χ1) is 11.3. The van der Waals surface area contributed by atoms with Gasteiger partial charge in [0.15, 0.2) is 0 Å². The lowest BCUT2D eigenvalue weighted by Gasteiger charge is -2.05. The first kappa shape index (κ1) is 13.5. The van der Waals surface area contributed by atoms with Crippen molar-refractivity contribution in [3.05, 3.63) is 72.8 Å². The van der Waals surface area contributed by atoms with Gasteiger partial charge in [-0.3, -0.25) is 9.97 Å². The van der Waals surface area contributed by atoms with Crippen molar-refractivity contribution in [1.82, 2.24) is 9.97 Å². The third kappa shape index (κ3) is 2.44. The molecule has 0 radical (unpaired) electrons. The molecule has 4 aromatic rings. The lowest BCUT2D eigenvalue weighted by atomic mass is 10.0. The molecule has 0 N–H and O–H groups in total. The van der Waals surface area contributed by atoms with Crippen LogP contribution in [-0.2, 0) is 0 Å². The highest BCUT2D eigenvalue weighted by Gasteiger charge is 2.20. The molecule has 0 unspecified atom stereocenters. The van der Waals surface area contributed by atoms with Gasteiger partial charge in [0.1, 0.15) is 11.3 Å². The number of nitrogens with zero attached hydrogens (tertiary/aromatic N) is 2. The zero-order valence-electron chi connectivity index (χ0n) is 12.6. The van der Waals surface area contributed by atoms with Crippen molar-refractivity contribution in [3.63, 3.8) is 0 Å². The summed E-state index contributed by atoms with van der Waals surface area (Å²) in [4.78, 5) is 8.47. The van der Waals surface area contributed by atoms with Gasteiger partial charge in [-0.05, 0) is 42.8 Å². The maximum absolute atomic E-state index is 5.99. The van der Waals surface area contributed by atoms with Crippen molar-refractivity contribution in [2.24, 2.45) is 0 Å². The summed E-state index contributed by atoms with van der Waals surface area (Å²) >= 11 is 0. The van der Waals surface area contributed by atoms with Crippen molar-refractivity contribution in [2.45, 2.75) is 6.92 Å². The van der Waals surface area contributed by atoms with Gasteiger partial charge in [0.05, 0.1) is 10.9 Å². The molecule has 0 spiro atoms. The topological polar surface area (TPSA) is 48.2 Å². The van der Waals surface area contributed by atoms with Crippen molar-refractivity contribution < 1.29 is 9.15 Å². The highest BCUT2D eigenvalue weighted by atomic mass is 16.6. The van der Waals surface area contributed by atoms with Crippen LogP contribution in [0.4, 0.5) is 0 Å². The molecule has 1 aromatic carbocycles. The molecule has 0 saturated heterocycles. The summed E-state index contributed by atoms with van der Waals surface area (Å²) in [5, 5.41) is 0.963. The third-order valence-electron chi connectivity index (χ3n) is 3.68. The normalized spacial score (nSPS) is 10.8. The van der Waals surface area contributed by atoms with E-state index >= 15 is 0 Å². The number of aromatic nitrogens is 2. The molecule has 4 nitrogen and oxygen atoms in total. The molecule has 112 valence electrons. The second kappa shape index (κ2) is 5.57. The van der Waals surface area contributed by atoms with Gasteiger partial charge in [0.25, 0.3) is 5.95 Å². The number of furan rings is 1. The number of hydrogen-bond donors (Lipinski definition) is 0. The first-order valence-electron chi connectivity index (χ1n) is 7.34. The Morgan fingerprint density at radius 3 is 2.48 bits per heavy atom. The van der Waals surface area contributed by atoms with Crippen LogP contribution < -0.4 is 4.74 Å². The summed E-state index contributed by atoms with van der Waals surface area (Å²) in [5.41, 5.74) is 3.55. The van der Waals surface area contributed by atoms with E-state index in [1.807, 2.05) is 55.5 Å². The first-order valence-corrected chi connectivity index (χ1v) is 7.34. The summed E-state index contributed by atoms with van der Waals surface area (Å²) in [6.07, 6.45) is 5.25. The molecular formula is C19H14N2O2. The van der Waals surface area contributed by atoms with Crippen LogP contribution in [0.2, 0.25) is 0 Å². The van der Waals surface area contributed by atoms with Gasteiger partial charge in [0.2, 0.25) is 0 Å². The molecule has 3 heterocycles. The maximum atomic E-state index is 5.99. The van der Waals surface area contributed by atoms with E-state index < -0.39 is 0 Å². The maximum Gasteiger partial charge on any atom is 0.299 e. The van der Waals surface area contributed by atoms with Crippen molar-refractivity contribution >= 4 is 11.0 Å². The molecule has 0 saturated carbocycles. The molecule has 0 bridgehead atoms. The number of ether oxygens (including phenoxy) is 1. The second-order valence-corrected chi connectivity index (χ2v) is 5.19. The molecule has 4 heteroatoms. The number of aryl methyl sites for hydroxylation is 1. The smallest absolute Gasteiger partial charge is 0.299 e. The van der Waals surface area contributed by atoms with E-state index in [2.05, 4.69) is 9.97 Å². The zero-order valence-corrected chi connectivity index (χ0v) is 12.6. The fraction of sp³-hybridized carbons (Fsp3) is 0.0526. The number of para-hydroxylation sites is 1. The predicted molar refractivity (Wildman–Crippen MR) is 88.5 cm³/mol. The van der Waals surface area contributed by atoms with Gasteiger partial charge in [0, 0.05) is 24.3 Å². The molecule has 0 amide bonds. The van der Waals surface area contributed by atoms with Crippen LogP contribution in [0.1, 0.15) is 5.69 Å². The van der Waals surface area contributed by atoms with E-state index in [0.717, 1.165) is 33.5 Å². The average Bonchev–Trinajstić information content (AvgIpc) is 2.96. The minimum Gasteiger partial charge on any atom is -0.426 e. The molecule has 0 atom stereocenters. The second-order valence-electron chi connectivity index (χ2n) is 5.19. The van der Waals surface area contributed by atoms with Gasteiger partial charge >= 0.3 is 0 Å². The Balaban J connectivity index is 1.95. The van der Waals surface area contributed by atoms with Crippen LogP contribution in [0.3, 0.4) is 0 Å². The van der Waals surface area contributed by atoms with Gasteiger partial charge < -0.3 is 9.15 Å². The Hall–Kier alpha value is -3.14. The molecule has 0 aliphatic carbocycles. The molecule has 3 aromatic heterocycles. The molecule has 4 rings (SSSR count). The SMILES string of the molecule is Cc1nccc2oc(Oc3ccccc3)c(-c3ccncc3)c12. The van der Waals surface area contributed by atoms with Crippen LogP contribution in [-0.4, -0.2) is 9.97 Å². The predicted octanol–water partition coefficient (Wildman–Crippen LogP) is 4.99. The molecule has 0 aliphatic heterocycles. The highest BCUT2D eigenvalue weighted by molar-refractivity contribution is 5.98. The number of hydrogen-bond acceptors (Lipinski definition) is 4. The summed E-state index contributed by atoms with van der Waals surface area (Å²) in [6, 6.07) is 15.3.